The molecule has 0 atom stereocenters. The Kier molecular flexibility index (Phi) is 4.93. The summed E-state index contributed by atoms with van der Waals surface area (Å²) in [5, 5.41) is 2.90. The van der Waals surface area contributed by atoms with Crippen molar-refractivity contribution in [3.05, 3.63) is 0 Å². The summed E-state index contributed by atoms with van der Waals surface area (Å²) in [6.07, 6.45) is 3.05. The van der Waals surface area contributed by atoms with Crippen molar-refractivity contribution in [1.29, 1.82) is 0 Å². The van der Waals surface area contributed by atoms with Crippen molar-refractivity contribution < 1.29 is 4.79 Å². The van der Waals surface area contributed by atoms with Gasteiger partial charge in [-0.3, -0.25) is 4.79 Å². The SMILES string of the molecule is CC(C)(N)CNC(=O)CC1CCSCC1. The molecule has 0 aromatic carbocycles. The highest BCUT2D eigenvalue weighted by Crippen LogP contribution is 2.24. The van der Waals surface area contributed by atoms with E-state index in [-0.39, 0.29) is 11.4 Å². The van der Waals surface area contributed by atoms with Gasteiger partial charge in [0, 0.05) is 18.5 Å². The summed E-state index contributed by atoms with van der Waals surface area (Å²) in [6.45, 7) is 4.41. The molecule has 1 amide bonds. The van der Waals surface area contributed by atoms with Gasteiger partial charge in [-0.05, 0) is 44.1 Å². The molecule has 88 valence electrons. The Bertz CT molecular complexity index is 207. The standard InChI is InChI=1S/C11H22N2OS/c1-11(2,12)8-13-10(14)7-9-3-5-15-6-4-9/h9H,3-8,12H2,1-2H3,(H,13,14). The minimum atomic E-state index is -0.307. The third-order valence-electron chi connectivity index (χ3n) is 2.56. The van der Waals surface area contributed by atoms with Gasteiger partial charge in [-0.15, -0.1) is 0 Å². The number of carbonyl (C=O) groups is 1. The quantitative estimate of drug-likeness (QED) is 0.767. The fourth-order valence-corrected chi connectivity index (χ4v) is 2.82. The highest BCUT2D eigenvalue weighted by Gasteiger charge is 2.18. The van der Waals surface area contributed by atoms with Crippen LogP contribution in [-0.2, 0) is 4.79 Å². The first-order valence-corrected chi connectivity index (χ1v) is 6.76. The van der Waals surface area contributed by atoms with Crippen LogP contribution >= 0.6 is 11.8 Å². The van der Waals surface area contributed by atoms with Crippen LogP contribution in [0.15, 0.2) is 0 Å². The predicted octanol–water partition coefficient (Wildman–Crippen LogP) is 1.37. The minimum absolute atomic E-state index is 0.158. The average molecular weight is 230 g/mol. The topological polar surface area (TPSA) is 55.1 Å². The van der Waals surface area contributed by atoms with Crippen molar-refractivity contribution in [3.63, 3.8) is 0 Å². The predicted molar refractivity (Wildman–Crippen MR) is 65.9 cm³/mol. The number of hydrogen-bond acceptors (Lipinski definition) is 3. The van der Waals surface area contributed by atoms with Crippen LogP contribution in [-0.4, -0.2) is 29.5 Å². The van der Waals surface area contributed by atoms with Gasteiger partial charge in [0.15, 0.2) is 0 Å². The maximum absolute atomic E-state index is 11.6. The lowest BCUT2D eigenvalue weighted by Crippen LogP contribution is -2.45. The molecule has 3 nitrogen and oxygen atoms in total. The first-order chi connectivity index (χ1) is 6.97. The van der Waals surface area contributed by atoms with Crippen molar-refractivity contribution in [2.75, 3.05) is 18.1 Å². The minimum Gasteiger partial charge on any atom is -0.354 e. The molecular weight excluding hydrogens is 208 g/mol. The maximum Gasteiger partial charge on any atom is 0.220 e. The lowest BCUT2D eigenvalue weighted by molar-refractivity contribution is -0.122. The van der Waals surface area contributed by atoms with E-state index < -0.39 is 0 Å². The van der Waals surface area contributed by atoms with E-state index in [2.05, 4.69) is 5.32 Å². The average Bonchev–Trinajstić information content (AvgIpc) is 2.15. The Morgan fingerprint density at radius 1 is 1.47 bits per heavy atom. The molecule has 0 unspecified atom stereocenters. The molecule has 0 bridgehead atoms. The summed E-state index contributed by atoms with van der Waals surface area (Å²) in [4.78, 5) is 11.6. The third kappa shape index (κ3) is 6.05. The molecule has 15 heavy (non-hydrogen) atoms. The van der Waals surface area contributed by atoms with Crippen LogP contribution in [0, 0.1) is 5.92 Å². The van der Waals surface area contributed by atoms with Gasteiger partial charge in [-0.2, -0.15) is 11.8 Å². The first-order valence-electron chi connectivity index (χ1n) is 5.61. The number of thioether (sulfide) groups is 1. The smallest absolute Gasteiger partial charge is 0.220 e. The van der Waals surface area contributed by atoms with Crippen LogP contribution < -0.4 is 11.1 Å². The van der Waals surface area contributed by atoms with Crippen LogP contribution in [0.4, 0.5) is 0 Å². The normalized spacial score (nSPS) is 18.9. The number of hydrogen-bond donors (Lipinski definition) is 2. The number of carbonyl (C=O) groups excluding carboxylic acids is 1. The largest absolute Gasteiger partial charge is 0.354 e. The summed E-state index contributed by atoms with van der Waals surface area (Å²) in [5.41, 5.74) is 5.49. The molecule has 0 saturated carbocycles. The van der Waals surface area contributed by atoms with Crippen LogP contribution in [0.25, 0.3) is 0 Å². The van der Waals surface area contributed by atoms with Crippen LogP contribution in [0.1, 0.15) is 33.1 Å². The van der Waals surface area contributed by atoms with Crippen molar-refractivity contribution in [1.82, 2.24) is 5.32 Å². The lowest BCUT2D eigenvalue weighted by atomic mass is 9.98. The molecule has 1 aliphatic heterocycles. The summed E-state index contributed by atoms with van der Waals surface area (Å²) in [5.74, 6) is 3.17. The molecule has 1 saturated heterocycles. The molecular formula is C11H22N2OS. The van der Waals surface area contributed by atoms with Gasteiger partial charge in [-0.1, -0.05) is 0 Å². The second-order valence-electron chi connectivity index (χ2n) is 5.03. The molecule has 0 spiro atoms. The van der Waals surface area contributed by atoms with Gasteiger partial charge in [0.1, 0.15) is 0 Å². The second-order valence-corrected chi connectivity index (χ2v) is 6.25. The zero-order valence-corrected chi connectivity index (χ0v) is 10.5. The molecule has 1 heterocycles. The van der Waals surface area contributed by atoms with Crippen LogP contribution in [0.2, 0.25) is 0 Å². The number of rotatable bonds is 4. The Morgan fingerprint density at radius 2 is 2.07 bits per heavy atom. The maximum atomic E-state index is 11.6. The molecule has 1 fully saturated rings. The van der Waals surface area contributed by atoms with E-state index in [1.54, 1.807) is 0 Å². The monoisotopic (exact) mass is 230 g/mol. The van der Waals surface area contributed by atoms with E-state index in [4.69, 9.17) is 5.73 Å². The van der Waals surface area contributed by atoms with Crippen molar-refractivity contribution >= 4 is 17.7 Å². The lowest BCUT2D eigenvalue weighted by Gasteiger charge is -2.23. The van der Waals surface area contributed by atoms with E-state index in [1.807, 2.05) is 25.6 Å². The van der Waals surface area contributed by atoms with Gasteiger partial charge < -0.3 is 11.1 Å². The van der Waals surface area contributed by atoms with Crippen LogP contribution in [0.3, 0.4) is 0 Å². The number of amides is 1. The van der Waals surface area contributed by atoms with Crippen molar-refractivity contribution in [3.8, 4) is 0 Å². The van der Waals surface area contributed by atoms with Crippen molar-refractivity contribution in [2.24, 2.45) is 11.7 Å². The second kappa shape index (κ2) is 5.75. The van der Waals surface area contributed by atoms with E-state index in [0.29, 0.717) is 18.9 Å². The van der Waals surface area contributed by atoms with Gasteiger partial charge >= 0.3 is 0 Å². The fourth-order valence-electron chi connectivity index (χ4n) is 1.61. The van der Waals surface area contributed by atoms with Gasteiger partial charge in [0.05, 0.1) is 0 Å². The molecule has 0 aliphatic carbocycles. The zero-order valence-electron chi connectivity index (χ0n) is 9.71. The molecule has 4 heteroatoms. The molecule has 0 aromatic heterocycles. The molecule has 0 radical (unpaired) electrons. The molecule has 0 aromatic rings. The van der Waals surface area contributed by atoms with Crippen molar-refractivity contribution in [2.45, 2.75) is 38.6 Å². The first kappa shape index (κ1) is 12.8. The Hall–Kier alpha value is -0.220. The summed E-state index contributed by atoms with van der Waals surface area (Å²) in [6, 6.07) is 0. The van der Waals surface area contributed by atoms with Gasteiger partial charge in [-0.25, -0.2) is 0 Å². The summed E-state index contributed by atoms with van der Waals surface area (Å²) >= 11 is 1.99. The molecule has 3 N–H and O–H groups in total. The summed E-state index contributed by atoms with van der Waals surface area (Å²) < 4.78 is 0. The van der Waals surface area contributed by atoms with E-state index in [1.165, 1.54) is 24.3 Å². The Labute approximate surface area is 96.6 Å². The van der Waals surface area contributed by atoms with Crippen LogP contribution in [0.5, 0.6) is 0 Å². The highest BCUT2D eigenvalue weighted by atomic mass is 32.2. The number of nitrogens with two attached hydrogens (primary N) is 1. The van der Waals surface area contributed by atoms with Gasteiger partial charge in [0.25, 0.3) is 0 Å². The van der Waals surface area contributed by atoms with Gasteiger partial charge in [0.2, 0.25) is 5.91 Å². The third-order valence-corrected chi connectivity index (χ3v) is 3.60. The molecule has 1 aliphatic rings. The zero-order chi connectivity index (χ0) is 11.3. The fraction of sp³-hybridized carbons (Fsp3) is 0.909. The van der Waals surface area contributed by atoms with E-state index in [0.717, 1.165) is 0 Å². The Balaban J connectivity index is 2.17. The van der Waals surface area contributed by atoms with E-state index >= 15 is 0 Å². The summed E-state index contributed by atoms with van der Waals surface area (Å²) in [7, 11) is 0. The Morgan fingerprint density at radius 3 is 2.60 bits per heavy atom. The highest BCUT2D eigenvalue weighted by molar-refractivity contribution is 7.99. The molecule has 1 rings (SSSR count). The van der Waals surface area contributed by atoms with E-state index in [9.17, 15) is 4.79 Å². The number of nitrogens with one attached hydrogen (secondary N) is 1.